The number of aliphatic hydroxyl groups is 1. The molecule has 1 unspecified atom stereocenters. The van der Waals surface area contributed by atoms with E-state index in [1.807, 2.05) is 19.1 Å². The van der Waals surface area contributed by atoms with Crippen molar-refractivity contribution in [3.63, 3.8) is 0 Å². The van der Waals surface area contributed by atoms with E-state index in [1.54, 1.807) is 25.3 Å². The van der Waals surface area contributed by atoms with E-state index in [0.717, 1.165) is 5.56 Å². The summed E-state index contributed by atoms with van der Waals surface area (Å²) in [5, 5.41) is 11.2. The summed E-state index contributed by atoms with van der Waals surface area (Å²) in [7, 11) is 1.55. The molecule has 0 saturated carbocycles. The zero-order valence-corrected chi connectivity index (χ0v) is 11.8. The van der Waals surface area contributed by atoms with Crippen molar-refractivity contribution in [3.8, 4) is 5.75 Å². The number of hydrogen-bond acceptors (Lipinski definition) is 3. The molecule has 1 N–H and O–H groups in total. The van der Waals surface area contributed by atoms with Gasteiger partial charge in [0, 0.05) is 10.9 Å². The molecule has 0 amide bonds. The van der Waals surface area contributed by atoms with E-state index < -0.39 is 6.10 Å². The molecule has 0 spiro atoms. The molecule has 21 heavy (non-hydrogen) atoms. The molecule has 3 rings (SSSR count). The van der Waals surface area contributed by atoms with Crippen molar-refractivity contribution < 1.29 is 18.7 Å². The van der Waals surface area contributed by atoms with Crippen LogP contribution in [0, 0.1) is 12.7 Å². The molecule has 0 saturated heterocycles. The molecule has 108 valence electrons. The van der Waals surface area contributed by atoms with Gasteiger partial charge in [-0.05, 0) is 43.3 Å². The Labute approximate surface area is 121 Å². The molecule has 3 aromatic rings. The number of furan rings is 1. The van der Waals surface area contributed by atoms with Gasteiger partial charge in [-0.3, -0.25) is 0 Å². The van der Waals surface area contributed by atoms with Gasteiger partial charge < -0.3 is 14.3 Å². The molecule has 0 bridgehead atoms. The molecule has 1 heterocycles. The molecule has 1 aromatic heterocycles. The van der Waals surface area contributed by atoms with Crippen LogP contribution in [0.3, 0.4) is 0 Å². The highest BCUT2D eigenvalue weighted by Crippen LogP contribution is 2.33. The van der Waals surface area contributed by atoms with Crippen LogP contribution in [0.2, 0.25) is 0 Å². The molecule has 0 aliphatic heterocycles. The summed E-state index contributed by atoms with van der Waals surface area (Å²) in [6.07, 6.45) is -0.963. The van der Waals surface area contributed by atoms with Crippen molar-refractivity contribution >= 4 is 11.0 Å². The van der Waals surface area contributed by atoms with Gasteiger partial charge in [-0.15, -0.1) is 0 Å². The van der Waals surface area contributed by atoms with Crippen LogP contribution >= 0.6 is 0 Å². The van der Waals surface area contributed by atoms with Crippen molar-refractivity contribution in [1.82, 2.24) is 0 Å². The highest BCUT2D eigenvalue weighted by atomic mass is 19.1. The maximum Gasteiger partial charge on any atom is 0.140 e. The van der Waals surface area contributed by atoms with Crippen LogP contribution in [0.5, 0.6) is 5.75 Å². The smallest absolute Gasteiger partial charge is 0.140 e. The lowest BCUT2D eigenvalue weighted by atomic mass is 10.0. The Morgan fingerprint density at radius 3 is 2.71 bits per heavy atom. The topological polar surface area (TPSA) is 42.6 Å². The van der Waals surface area contributed by atoms with E-state index >= 15 is 0 Å². The van der Waals surface area contributed by atoms with Crippen molar-refractivity contribution in [2.24, 2.45) is 0 Å². The largest absolute Gasteiger partial charge is 0.496 e. The van der Waals surface area contributed by atoms with E-state index in [4.69, 9.17) is 9.15 Å². The van der Waals surface area contributed by atoms with Gasteiger partial charge in [0.05, 0.1) is 7.11 Å². The van der Waals surface area contributed by atoms with Gasteiger partial charge in [0.15, 0.2) is 0 Å². The number of fused-ring (bicyclic) bond motifs is 1. The number of hydrogen-bond donors (Lipinski definition) is 1. The quantitative estimate of drug-likeness (QED) is 0.792. The summed E-state index contributed by atoms with van der Waals surface area (Å²) in [6, 6.07) is 11.5. The second-order valence-electron chi connectivity index (χ2n) is 4.98. The second-order valence-corrected chi connectivity index (χ2v) is 4.98. The van der Waals surface area contributed by atoms with Gasteiger partial charge in [0.25, 0.3) is 0 Å². The summed E-state index contributed by atoms with van der Waals surface area (Å²) in [6.45, 7) is 1.93. The third kappa shape index (κ3) is 2.50. The van der Waals surface area contributed by atoms with Gasteiger partial charge in [-0.25, -0.2) is 4.39 Å². The van der Waals surface area contributed by atoms with Crippen LogP contribution in [0.25, 0.3) is 11.0 Å². The van der Waals surface area contributed by atoms with Crippen molar-refractivity contribution in [3.05, 3.63) is 65.2 Å². The number of methoxy groups -OCH3 is 1. The summed E-state index contributed by atoms with van der Waals surface area (Å²) < 4.78 is 24.1. The molecule has 0 aliphatic carbocycles. The Bertz CT molecular complexity index is 792. The highest BCUT2D eigenvalue weighted by Gasteiger charge is 2.19. The van der Waals surface area contributed by atoms with Crippen molar-refractivity contribution in [1.29, 1.82) is 0 Å². The third-order valence-electron chi connectivity index (χ3n) is 3.45. The molecule has 0 radical (unpaired) electrons. The number of aliphatic hydroxyl groups excluding tert-OH is 1. The van der Waals surface area contributed by atoms with E-state index in [9.17, 15) is 9.50 Å². The molecule has 3 nitrogen and oxygen atoms in total. The average Bonchev–Trinajstić information content (AvgIpc) is 2.89. The lowest BCUT2D eigenvalue weighted by Gasteiger charge is -2.13. The number of ether oxygens (including phenoxy) is 1. The monoisotopic (exact) mass is 286 g/mol. The summed E-state index contributed by atoms with van der Waals surface area (Å²) in [5.41, 5.74) is 2.17. The Balaban J connectivity index is 2.07. The van der Waals surface area contributed by atoms with Crippen LogP contribution in [0.15, 0.2) is 46.9 Å². The number of rotatable bonds is 3. The lowest BCUT2D eigenvalue weighted by Crippen LogP contribution is -2.01. The molecular formula is C17H15FO3. The average molecular weight is 286 g/mol. The Morgan fingerprint density at radius 1 is 1.14 bits per heavy atom. The predicted molar refractivity (Wildman–Crippen MR) is 78.0 cm³/mol. The first kappa shape index (κ1) is 13.6. The standard InChI is InChI=1S/C17H15FO3/c1-10-3-5-15(20-2)13(7-10)17(19)16-9-11-8-12(18)4-6-14(11)21-16/h3-9,17,19H,1-2H3. The Kier molecular flexibility index (Phi) is 3.39. The fourth-order valence-electron chi connectivity index (χ4n) is 2.39. The van der Waals surface area contributed by atoms with Gasteiger partial charge in [0.2, 0.25) is 0 Å². The van der Waals surface area contributed by atoms with Gasteiger partial charge in [0.1, 0.15) is 29.0 Å². The molecule has 0 aliphatic rings. The summed E-state index contributed by atoms with van der Waals surface area (Å²) >= 11 is 0. The zero-order chi connectivity index (χ0) is 15.0. The number of halogens is 1. The van der Waals surface area contributed by atoms with E-state index in [2.05, 4.69) is 0 Å². The number of benzene rings is 2. The lowest BCUT2D eigenvalue weighted by molar-refractivity contribution is 0.187. The van der Waals surface area contributed by atoms with Crippen LogP contribution in [0.1, 0.15) is 23.0 Å². The van der Waals surface area contributed by atoms with Crippen LogP contribution in [0.4, 0.5) is 4.39 Å². The molecule has 4 heteroatoms. The van der Waals surface area contributed by atoms with Gasteiger partial charge >= 0.3 is 0 Å². The normalized spacial score (nSPS) is 12.6. The second kappa shape index (κ2) is 5.22. The van der Waals surface area contributed by atoms with E-state index in [0.29, 0.717) is 28.0 Å². The van der Waals surface area contributed by atoms with Gasteiger partial charge in [-0.1, -0.05) is 11.6 Å². The van der Waals surface area contributed by atoms with Crippen molar-refractivity contribution in [2.75, 3.05) is 7.11 Å². The minimum atomic E-state index is -0.963. The molecule has 0 fully saturated rings. The van der Waals surface area contributed by atoms with E-state index in [1.165, 1.54) is 12.1 Å². The van der Waals surface area contributed by atoms with Gasteiger partial charge in [-0.2, -0.15) is 0 Å². The van der Waals surface area contributed by atoms with E-state index in [-0.39, 0.29) is 5.82 Å². The van der Waals surface area contributed by atoms with Crippen LogP contribution in [-0.2, 0) is 0 Å². The Hall–Kier alpha value is -2.33. The molecule has 1 atom stereocenters. The van der Waals surface area contributed by atoms with Crippen molar-refractivity contribution in [2.45, 2.75) is 13.0 Å². The molecular weight excluding hydrogens is 271 g/mol. The fraction of sp³-hybridized carbons (Fsp3) is 0.176. The summed E-state index contributed by atoms with van der Waals surface area (Å²) in [5.74, 6) is 0.608. The van der Waals surface area contributed by atoms with Crippen LogP contribution in [-0.4, -0.2) is 12.2 Å². The highest BCUT2D eigenvalue weighted by molar-refractivity contribution is 5.78. The first-order valence-electron chi connectivity index (χ1n) is 6.60. The first-order chi connectivity index (χ1) is 10.1. The molecule has 2 aromatic carbocycles. The third-order valence-corrected chi connectivity index (χ3v) is 3.45. The fourth-order valence-corrected chi connectivity index (χ4v) is 2.39. The van der Waals surface area contributed by atoms with Crippen LogP contribution < -0.4 is 4.74 Å². The first-order valence-corrected chi connectivity index (χ1v) is 6.60. The zero-order valence-electron chi connectivity index (χ0n) is 11.8. The minimum Gasteiger partial charge on any atom is -0.496 e. The maximum atomic E-state index is 13.2. The summed E-state index contributed by atoms with van der Waals surface area (Å²) in [4.78, 5) is 0. The minimum absolute atomic E-state index is 0.336. The predicted octanol–water partition coefficient (Wildman–Crippen LogP) is 3.97. The Morgan fingerprint density at radius 2 is 1.95 bits per heavy atom. The maximum absolute atomic E-state index is 13.2. The number of aryl methyl sites for hydroxylation is 1. The SMILES string of the molecule is COc1ccc(C)cc1C(O)c1cc2cc(F)ccc2o1.